The Hall–Kier alpha value is -2.84. The monoisotopic (exact) mass is 457 g/mol. The summed E-state index contributed by atoms with van der Waals surface area (Å²) in [6.45, 7) is 3.41. The second-order valence-corrected chi connectivity index (χ2v) is 8.33. The lowest BCUT2D eigenvalue weighted by atomic mass is 10.2. The first-order chi connectivity index (χ1) is 15.1. The molecule has 1 N–H and O–H groups in total. The first-order valence-corrected chi connectivity index (χ1v) is 11.2. The summed E-state index contributed by atoms with van der Waals surface area (Å²) < 4.78 is 13.3. The Bertz CT molecular complexity index is 1050. The molecule has 6 nitrogen and oxygen atoms in total. The van der Waals surface area contributed by atoms with Gasteiger partial charge in [0.05, 0.1) is 10.8 Å². The summed E-state index contributed by atoms with van der Waals surface area (Å²) in [6, 6.07) is 14.4. The van der Waals surface area contributed by atoms with E-state index >= 15 is 0 Å². The van der Waals surface area contributed by atoms with Crippen LogP contribution in [0.15, 0.2) is 66.0 Å². The molecule has 0 unspecified atom stereocenters. The molecule has 160 valence electrons. The maximum absolute atomic E-state index is 13.3. The average molecular weight is 458 g/mol. The number of benzene rings is 2. The van der Waals surface area contributed by atoms with Crippen molar-refractivity contribution in [3.8, 4) is 0 Å². The predicted octanol–water partition coefficient (Wildman–Crippen LogP) is 4.33. The first kappa shape index (κ1) is 21.4. The molecular formula is C22H21ClFN5OS. The van der Waals surface area contributed by atoms with Crippen LogP contribution in [0, 0.1) is 5.82 Å². The van der Waals surface area contributed by atoms with Crippen LogP contribution in [-0.2, 0) is 4.79 Å². The average Bonchev–Trinajstić information content (AvgIpc) is 2.81. The molecule has 2 aromatic carbocycles. The van der Waals surface area contributed by atoms with Crippen molar-refractivity contribution in [2.45, 2.75) is 5.03 Å². The number of carbonyl (C=O) groups is 1. The van der Waals surface area contributed by atoms with Gasteiger partial charge in [0.1, 0.15) is 10.8 Å². The van der Waals surface area contributed by atoms with E-state index in [-0.39, 0.29) is 16.7 Å². The van der Waals surface area contributed by atoms with Gasteiger partial charge in [-0.2, -0.15) is 0 Å². The largest absolute Gasteiger partial charge is 0.368 e. The molecule has 1 aliphatic rings. The molecule has 1 aromatic heterocycles. The summed E-state index contributed by atoms with van der Waals surface area (Å²) in [5.41, 5.74) is 1.67. The smallest absolute Gasteiger partial charge is 0.234 e. The summed E-state index contributed by atoms with van der Waals surface area (Å²) in [5.74, 6) is 0.201. The predicted molar refractivity (Wildman–Crippen MR) is 124 cm³/mol. The maximum atomic E-state index is 13.3. The van der Waals surface area contributed by atoms with Crippen LogP contribution in [0.25, 0.3) is 0 Å². The number of nitrogens with zero attached hydrogens (tertiary/aromatic N) is 4. The van der Waals surface area contributed by atoms with Crippen molar-refractivity contribution < 1.29 is 9.18 Å². The molecule has 0 bridgehead atoms. The van der Waals surface area contributed by atoms with E-state index in [0.717, 1.165) is 32.0 Å². The van der Waals surface area contributed by atoms with Crippen LogP contribution < -0.4 is 15.1 Å². The number of nitrogens with one attached hydrogen (secondary N) is 1. The van der Waals surface area contributed by atoms with Crippen molar-refractivity contribution in [1.82, 2.24) is 9.97 Å². The molecule has 0 spiro atoms. The SMILES string of the molecule is O=C(CSc1nccnc1N1CCN(c2ccccc2)CC1)Nc1ccc(F)c(Cl)c1. The number of hydrogen-bond donors (Lipinski definition) is 1. The third-order valence-corrected chi connectivity index (χ3v) is 6.15. The van der Waals surface area contributed by atoms with E-state index in [9.17, 15) is 9.18 Å². The second-order valence-electron chi connectivity index (χ2n) is 6.96. The van der Waals surface area contributed by atoms with Crippen molar-refractivity contribution in [2.24, 2.45) is 0 Å². The van der Waals surface area contributed by atoms with Crippen molar-refractivity contribution >= 4 is 46.5 Å². The van der Waals surface area contributed by atoms with E-state index in [4.69, 9.17) is 11.6 Å². The molecule has 31 heavy (non-hydrogen) atoms. The molecule has 0 aliphatic carbocycles. The molecule has 1 fully saturated rings. The minimum Gasteiger partial charge on any atom is -0.368 e. The lowest BCUT2D eigenvalue weighted by Gasteiger charge is -2.37. The number of amides is 1. The quantitative estimate of drug-likeness (QED) is 0.556. The number of para-hydroxylation sites is 1. The van der Waals surface area contributed by atoms with Crippen LogP contribution in [0.1, 0.15) is 0 Å². The molecule has 4 rings (SSSR count). The number of carbonyl (C=O) groups excluding carboxylic acids is 1. The Morgan fingerprint density at radius 2 is 1.74 bits per heavy atom. The zero-order valence-electron chi connectivity index (χ0n) is 16.7. The summed E-state index contributed by atoms with van der Waals surface area (Å²) in [4.78, 5) is 25.8. The van der Waals surface area contributed by atoms with Gasteiger partial charge >= 0.3 is 0 Å². The third-order valence-electron chi connectivity index (χ3n) is 4.89. The molecule has 0 radical (unpaired) electrons. The number of piperazine rings is 1. The van der Waals surface area contributed by atoms with E-state index in [0.29, 0.717) is 10.7 Å². The minimum atomic E-state index is -0.523. The number of halogens is 2. The van der Waals surface area contributed by atoms with Crippen LogP contribution in [-0.4, -0.2) is 47.8 Å². The first-order valence-electron chi connectivity index (χ1n) is 9.84. The van der Waals surface area contributed by atoms with Gasteiger partial charge in [-0.15, -0.1) is 0 Å². The number of rotatable bonds is 6. The van der Waals surface area contributed by atoms with E-state index in [2.05, 4.69) is 37.2 Å². The topological polar surface area (TPSA) is 61.4 Å². The van der Waals surface area contributed by atoms with Gasteiger partial charge < -0.3 is 15.1 Å². The lowest BCUT2D eigenvalue weighted by molar-refractivity contribution is -0.113. The normalized spacial score (nSPS) is 13.9. The molecule has 3 aromatic rings. The Labute approximate surface area is 189 Å². The molecule has 9 heteroatoms. The van der Waals surface area contributed by atoms with E-state index in [1.165, 1.54) is 35.6 Å². The number of hydrogen-bond acceptors (Lipinski definition) is 6. The van der Waals surface area contributed by atoms with Gasteiger partial charge in [0.2, 0.25) is 5.91 Å². The van der Waals surface area contributed by atoms with Crippen molar-refractivity contribution in [2.75, 3.05) is 47.0 Å². The van der Waals surface area contributed by atoms with E-state index < -0.39 is 5.82 Å². The van der Waals surface area contributed by atoms with Gasteiger partial charge in [0.25, 0.3) is 0 Å². The molecular weight excluding hydrogens is 437 g/mol. The van der Waals surface area contributed by atoms with Crippen LogP contribution in [0.4, 0.5) is 21.6 Å². The van der Waals surface area contributed by atoms with Gasteiger partial charge in [-0.25, -0.2) is 14.4 Å². The Morgan fingerprint density at radius 3 is 2.48 bits per heavy atom. The molecule has 1 aliphatic heterocycles. The highest BCUT2D eigenvalue weighted by Gasteiger charge is 2.21. The van der Waals surface area contributed by atoms with Crippen molar-refractivity contribution in [1.29, 1.82) is 0 Å². The van der Waals surface area contributed by atoms with Gasteiger partial charge in [-0.1, -0.05) is 41.6 Å². The Morgan fingerprint density at radius 1 is 1.03 bits per heavy atom. The highest BCUT2D eigenvalue weighted by atomic mass is 35.5. The van der Waals surface area contributed by atoms with E-state index in [1.807, 2.05) is 18.2 Å². The molecule has 1 amide bonds. The van der Waals surface area contributed by atoms with Crippen LogP contribution in [0.5, 0.6) is 0 Å². The van der Waals surface area contributed by atoms with Gasteiger partial charge in [0, 0.05) is 49.9 Å². The minimum absolute atomic E-state index is 0.0312. The van der Waals surface area contributed by atoms with Gasteiger partial charge in [-0.05, 0) is 30.3 Å². The highest BCUT2D eigenvalue weighted by Crippen LogP contribution is 2.28. The van der Waals surface area contributed by atoms with E-state index in [1.54, 1.807) is 12.4 Å². The fourth-order valence-electron chi connectivity index (χ4n) is 3.36. The Balaban J connectivity index is 1.35. The molecule has 0 atom stereocenters. The summed E-state index contributed by atoms with van der Waals surface area (Å²) in [5, 5.41) is 3.40. The molecule has 1 saturated heterocycles. The summed E-state index contributed by atoms with van der Waals surface area (Å²) in [7, 11) is 0. The molecule has 0 saturated carbocycles. The maximum Gasteiger partial charge on any atom is 0.234 e. The second kappa shape index (κ2) is 9.98. The number of anilines is 3. The summed E-state index contributed by atoms with van der Waals surface area (Å²) >= 11 is 7.09. The zero-order chi connectivity index (χ0) is 21.6. The zero-order valence-corrected chi connectivity index (χ0v) is 18.2. The molecule has 2 heterocycles. The third kappa shape index (κ3) is 5.45. The van der Waals surface area contributed by atoms with Gasteiger partial charge in [-0.3, -0.25) is 4.79 Å². The number of thioether (sulfide) groups is 1. The lowest BCUT2D eigenvalue weighted by Crippen LogP contribution is -2.47. The van der Waals surface area contributed by atoms with Crippen LogP contribution in [0.3, 0.4) is 0 Å². The summed E-state index contributed by atoms with van der Waals surface area (Å²) in [6.07, 6.45) is 3.30. The standard InChI is InChI=1S/C22H21ClFN5OS/c23-18-14-16(6-7-19(18)24)27-20(30)15-31-22-21(25-8-9-26-22)29-12-10-28(11-13-29)17-4-2-1-3-5-17/h1-9,14H,10-13,15H2,(H,27,30). The number of aromatic nitrogens is 2. The fraction of sp³-hybridized carbons (Fsp3) is 0.227. The van der Waals surface area contributed by atoms with Crippen molar-refractivity contribution in [3.63, 3.8) is 0 Å². The van der Waals surface area contributed by atoms with Crippen molar-refractivity contribution in [3.05, 3.63) is 71.8 Å². The van der Waals surface area contributed by atoms with Crippen LogP contribution in [0.2, 0.25) is 5.02 Å². The van der Waals surface area contributed by atoms with Crippen LogP contribution >= 0.6 is 23.4 Å². The highest BCUT2D eigenvalue weighted by molar-refractivity contribution is 8.00. The fourth-order valence-corrected chi connectivity index (χ4v) is 4.32. The van der Waals surface area contributed by atoms with Gasteiger partial charge in [0.15, 0.2) is 5.82 Å². The Kier molecular flexibility index (Phi) is 6.89.